The molecule has 3 aromatic rings. The summed E-state index contributed by atoms with van der Waals surface area (Å²) in [6, 6.07) is 14.8. The van der Waals surface area contributed by atoms with Crippen molar-refractivity contribution in [1.82, 2.24) is 4.98 Å². The fourth-order valence-electron chi connectivity index (χ4n) is 3.13. The smallest absolute Gasteiger partial charge is 0.175 e. The number of benzene rings is 2. The molecule has 0 saturated carbocycles. The highest BCUT2D eigenvalue weighted by Gasteiger charge is 2.13. The van der Waals surface area contributed by atoms with Gasteiger partial charge in [-0.1, -0.05) is 5.18 Å². The van der Waals surface area contributed by atoms with Crippen molar-refractivity contribution >= 4 is 9.84 Å². The zero-order chi connectivity index (χ0) is 23.3. The van der Waals surface area contributed by atoms with Crippen LogP contribution in [0.3, 0.4) is 0 Å². The van der Waals surface area contributed by atoms with Crippen molar-refractivity contribution in [3.05, 3.63) is 65.2 Å². The van der Waals surface area contributed by atoms with E-state index in [1.165, 1.54) is 12.1 Å². The van der Waals surface area contributed by atoms with Gasteiger partial charge in [0, 0.05) is 36.4 Å². The van der Waals surface area contributed by atoms with Gasteiger partial charge in [-0.2, -0.15) is 4.91 Å². The second-order valence-electron chi connectivity index (χ2n) is 7.53. The maximum atomic E-state index is 11.7. The molecule has 0 spiro atoms. The number of nitrogens with zero attached hydrogens (tertiary/aromatic N) is 1. The highest BCUT2D eigenvalue weighted by Crippen LogP contribution is 2.33. The Hall–Kier alpha value is -3.17. The molecular weight excluding hydrogens is 432 g/mol. The number of sulfone groups is 1. The van der Waals surface area contributed by atoms with Gasteiger partial charge in [-0.3, -0.25) is 0 Å². The topological polar surface area (TPSA) is 107 Å². The number of nitrogens with one attached hydrogen (secondary N) is 1. The van der Waals surface area contributed by atoms with Crippen LogP contribution in [0.15, 0.2) is 64.7 Å². The lowest BCUT2D eigenvalue weighted by Gasteiger charge is -2.16. The lowest BCUT2D eigenvalue weighted by atomic mass is 10.1. The SMILES string of the molecule is COC[C@H](C)Oc1cc(Oc2ccc(S(C)(=O)=O)cc2)cc(-c2ccc(C(C)N=O)[nH]2)c1. The standard InChI is InChI=1S/C23H26N2O6S/c1-15(14-29-3)30-19-11-17(23-10-9-22(24-23)16(2)25-26)12-20(13-19)31-18-5-7-21(8-6-18)32(4,27)28/h5-13,15-16,24H,14H2,1-4H3/t15-,16?/m0/s1. The van der Waals surface area contributed by atoms with Crippen molar-refractivity contribution in [3.8, 4) is 28.5 Å². The summed E-state index contributed by atoms with van der Waals surface area (Å²) in [6.07, 6.45) is 0.971. The maximum absolute atomic E-state index is 11.7. The second kappa shape index (κ2) is 9.97. The van der Waals surface area contributed by atoms with Gasteiger partial charge < -0.3 is 19.2 Å². The summed E-state index contributed by atoms with van der Waals surface area (Å²) in [5.41, 5.74) is 2.27. The number of nitroso groups, excluding NO2 is 1. The third-order valence-corrected chi connectivity index (χ3v) is 5.86. The average Bonchev–Trinajstić information content (AvgIpc) is 3.23. The number of methoxy groups -OCH3 is 1. The van der Waals surface area contributed by atoms with Crippen LogP contribution in [0, 0.1) is 4.91 Å². The lowest BCUT2D eigenvalue weighted by Crippen LogP contribution is -2.17. The van der Waals surface area contributed by atoms with Gasteiger partial charge in [0.05, 0.1) is 11.5 Å². The van der Waals surface area contributed by atoms with Crippen LogP contribution in [0.2, 0.25) is 0 Å². The Morgan fingerprint density at radius 2 is 1.66 bits per heavy atom. The van der Waals surface area contributed by atoms with Gasteiger partial charge in [0.25, 0.3) is 0 Å². The van der Waals surface area contributed by atoms with E-state index in [0.29, 0.717) is 29.5 Å². The first kappa shape index (κ1) is 23.5. The molecule has 0 aliphatic carbocycles. The number of ether oxygens (including phenoxy) is 3. The first-order valence-corrected chi connectivity index (χ1v) is 11.9. The zero-order valence-corrected chi connectivity index (χ0v) is 19.2. The summed E-state index contributed by atoms with van der Waals surface area (Å²) >= 11 is 0. The van der Waals surface area contributed by atoms with Crippen molar-refractivity contribution < 1.29 is 22.6 Å². The van der Waals surface area contributed by atoms with Gasteiger partial charge in [0.1, 0.15) is 29.4 Å². The Bertz CT molecular complexity index is 1170. The molecule has 32 heavy (non-hydrogen) atoms. The second-order valence-corrected chi connectivity index (χ2v) is 9.55. The number of aromatic nitrogens is 1. The van der Waals surface area contributed by atoms with E-state index in [2.05, 4.69) is 10.2 Å². The number of H-pyrrole nitrogens is 1. The van der Waals surface area contributed by atoms with Crippen LogP contribution < -0.4 is 9.47 Å². The van der Waals surface area contributed by atoms with Gasteiger partial charge in [0.2, 0.25) is 0 Å². The third kappa shape index (κ3) is 5.95. The highest BCUT2D eigenvalue weighted by atomic mass is 32.2. The molecule has 9 heteroatoms. The first-order valence-electron chi connectivity index (χ1n) is 10.00. The predicted octanol–water partition coefficient (Wildman–Crippen LogP) is 5.12. The molecule has 1 aromatic heterocycles. The summed E-state index contributed by atoms with van der Waals surface area (Å²) in [7, 11) is -1.68. The molecule has 0 radical (unpaired) electrons. The minimum atomic E-state index is -3.29. The Morgan fingerprint density at radius 1 is 0.969 bits per heavy atom. The molecule has 1 N–H and O–H groups in total. The molecule has 0 fully saturated rings. The predicted molar refractivity (Wildman–Crippen MR) is 122 cm³/mol. The Morgan fingerprint density at radius 3 is 2.28 bits per heavy atom. The summed E-state index contributed by atoms with van der Waals surface area (Å²) in [6.45, 7) is 4.02. The molecule has 170 valence electrons. The van der Waals surface area contributed by atoms with Crippen LogP contribution in [0.25, 0.3) is 11.3 Å². The van der Waals surface area contributed by atoms with Crippen molar-refractivity contribution in [2.45, 2.75) is 30.9 Å². The fraction of sp³-hybridized carbons (Fsp3) is 0.304. The van der Waals surface area contributed by atoms with Crippen LogP contribution in [-0.4, -0.2) is 39.5 Å². The Labute approximate surface area is 187 Å². The molecule has 2 atom stereocenters. The quantitative estimate of drug-likeness (QED) is 0.423. The van der Waals surface area contributed by atoms with E-state index < -0.39 is 15.9 Å². The van der Waals surface area contributed by atoms with Crippen molar-refractivity contribution in [3.63, 3.8) is 0 Å². The molecule has 8 nitrogen and oxygen atoms in total. The van der Waals surface area contributed by atoms with E-state index in [4.69, 9.17) is 14.2 Å². The van der Waals surface area contributed by atoms with Gasteiger partial charge in [-0.25, -0.2) is 8.42 Å². The van der Waals surface area contributed by atoms with Gasteiger partial charge >= 0.3 is 0 Å². The van der Waals surface area contributed by atoms with Crippen LogP contribution in [0.5, 0.6) is 17.2 Å². The van der Waals surface area contributed by atoms with E-state index in [9.17, 15) is 13.3 Å². The summed E-state index contributed by atoms with van der Waals surface area (Å²) < 4.78 is 40.4. The van der Waals surface area contributed by atoms with Gasteiger partial charge in [0.15, 0.2) is 9.84 Å². The van der Waals surface area contributed by atoms with E-state index in [0.717, 1.165) is 17.5 Å². The molecule has 0 bridgehead atoms. The zero-order valence-electron chi connectivity index (χ0n) is 18.4. The molecule has 0 amide bonds. The molecule has 1 heterocycles. The Balaban J connectivity index is 1.94. The van der Waals surface area contributed by atoms with Gasteiger partial charge in [-0.05, 0) is 62.4 Å². The van der Waals surface area contributed by atoms with E-state index in [-0.39, 0.29) is 11.0 Å². The molecule has 1 unspecified atom stereocenters. The van der Waals surface area contributed by atoms with E-state index in [1.54, 1.807) is 32.2 Å². The van der Waals surface area contributed by atoms with Crippen molar-refractivity contribution in [2.24, 2.45) is 5.18 Å². The maximum Gasteiger partial charge on any atom is 0.175 e. The largest absolute Gasteiger partial charge is 0.488 e. The molecule has 3 rings (SSSR count). The summed E-state index contributed by atoms with van der Waals surface area (Å²) in [5, 5.41) is 3.05. The first-order chi connectivity index (χ1) is 15.2. The number of rotatable bonds is 10. The normalized spacial score (nSPS) is 13.4. The molecular formula is C23H26N2O6S. The van der Waals surface area contributed by atoms with Crippen molar-refractivity contribution in [2.75, 3.05) is 20.0 Å². The Kier molecular flexibility index (Phi) is 7.32. The number of hydrogen-bond donors (Lipinski definition) is 1. The van der Waals surface area contributed by atoms with Crippen LogP contribution >= 0.6 is 0 Å². The lowest BCUT2D eigenvalue weighted by molar-refractivity contribution is 0.0920. The third-order valence-electron chi connectivity index (χ3n) is 4.73. The van der Waals surface area contributed by atoms with Crippen molar-refractivity contribution in [1.29, 1.82) is 0 Å². The molecule has 0 aliphatic rings. The fourth-order valence-corrected chi connectivity index (χ4v) is 3.76. The monoisotopic (exact) mass is 458 g/mol. The minimum absolute atomic E-state index is 0.185. The number of hydrogen-bond acceptors (Lipinski definition) is 7. The summed E-state index contributed by atoms with van der Waals surface area (Å²) in [5.74, 6) is 1.57. The average molecular weight is 459 g/mol. The molecule has 0 aliphatic heterocycles. The van der Waals surface area contributed by atoms with Crippen LogP contribution in [0.4, 0.5) is 0 Å². The minimum Gasteiger partial charge on any atom is -0.488 e. The van der Waals surface area contributed by atoms with Crippen LogP contribution in [0.1, 0.15) is 25.6 Å². The molecule has 2 aromatic carbocycles. The molecule has 0 saturated heterocycles. The van der Waals surface area contributed by atoms with E-state index in [1.807, 2.05) is 31.2 Å². The highest BCUT2D eigenvalue weighted by molar-refractivity contribution is 7.90. The number of aromatic amines is 1. The summed E-state index contributed by atoms with van der Waals surface area (Å²) in [4.78, 5) is 14.3. The van der Waals surface area contributed by atoms with E-state index >= 15 is 0 Å². The van der Waals surface area contributed by atoms with Gasteiger partial charge in [-0.15, -0.1) is 0 Å². The van der Waals surface area contributed by atoms with Crippen LogP contribution in [-0.2, 0) is 14.6 Å².